The van der Waals surface area contributed by atoms with Crippen LogP contribution in [0.15, 0.2) is 60.7 Å². The minimum atomic E-state index is -4.81. The third-order valence-electron chi connectivity index (χ3n) is 7.34. The molecule has 53 heavy (non-hydrogen) atoms. The van der Waals surface area contributed by atoms with Crippen LogP contribution in [0, 0.1) is 42.9 Å². The lowest BCUT2D eigenvalue weighted by Gasteiger charge is -2.18. The van der Waals surface area contributed by atoms with Crippen molar-refractivity contribution in [3.63, 3.8) is 0 Å². The van der Waals surface area contributed by atoms with Crippen LogP contribution in [-0.4, -0.2) is 35.0 Å². The van der Waals surface area contributed by atoms with Crippen LogP contribution in [0.5, 0.6) is 11.5 Å². The van der Waals surface area contributed by atoms with Gasteiger partial charge in [0.1, 0.15) is 34.8 Å². The highest BCUT2D eigenvalue weighted by molar-refractivity contribution is 6.03. The van der Waals surface area contributed by atoms with Gasteiger partial charge in [-0.25, -0.2) is 9.59 Å². The molecule has 4 rings (SSSR count). The molecule has 13 nitrogen and oxygen atoms in total. The van der Waals surface area contributed by atoms with E-state index in [0.717, 1.165) is 36.4 Å². The summed E-state index contributed by atoms with van der Waals surface area (Å²) in [7, 11) is 0. The van der Waals surface area contributed by atoms with Crippen LogP contribution in [0.1, 0.15) is 56.8 Å². The lowest BCUT2D eigenvalue weighted by atomic mass is 9.94. The number of alkyl halides is 6. The molecule has 0 radical (unpaired) electrons. The molecule has 0 spiro atoms. The summed E-state index contributed by atoms with van der Waals surface area (Å²) < 4.78 is 95.7. The van der Waals surface area contributed by atoms with E-state index in [9.17, 15) is 66.7 Å². The molecule has 0 fully saturated rings. The van der Waals surface area contributed by atoms with Crippen molar-refractivity contribution in [3.05, 3.63) is 114 Å². The van der Waals surface area contributed by atoms with Gasteiger partial charge in [-0.15, -0.1) is 0 Å². The van der Waals surface area contributed by atoms with Crippen LogP contribution in [0.4, 0.5) is 37.7 Å². The number of nitrogens with zero attached hydrogens (tertiary/aromatic N) is 4. The van der Waals surface area contributed by atoms with Gasteiger partial charge in [-0.2, -0.15) is 36.9 Å². The molecule has 4 aromatic rings. The number of halogens is 6. The molecule has 0 atom stereocenters. The van der Waals surface area contributed by atoms with Gasteiger partial charge in [-0.3, -0.25) is 20.2 Å². The van der Waals surface area contributed by atoms with Crippen molar-refractivity contribution in [1.29, 1.82) is 10.5 Å². The van der Waals surface area contributed by atoms with Crippen molar-refractivity contribution in [3.8, 4) is 45.9 Å². The molecule has 19 heteroatoms. The smallest absolute Gasteiger partial charge is 0.416 e. The van der Waals surface area contributed by atoms with E-state index in [1.165, 1.54) is 13.8 Å². The fourth-order valence-electron chi connectivity index (χ4n) is 5.10. The molecule has 0 aromatic heterocycles. The van der Waals surface area contributed by atoms with E-state index >= 15 is 0 Å². The maximum absolute atomic E-state index is 13.3. The largest absolute Gasteiger partial charge is 0.462 e. The number of nitro groups is 2. The molecule has 0 aliphatic carbocycles. The van der Waals surface area contributed by atoms with Crippen LogP contribution in [0.2, 0.25) is 0 Å². The first-order valence-corrected chi connectivity index (χ1v) is 14.8. The molecule has 0 heterocycles. The Hall–Kier alpha value is -7.02. The van der Waals surface area contributed by atoms with Crippen molar-refractivity contribution < 1.29 is 60.0 Å². The van der Waals surface area contributed by atoms with Gasteiger partial charge < -0.3 is 14.2 Å². The van der Waals surface area contributed by atoms with Gasteiger partial charge >= 0.3 is 24.3 Å². The van der Waals surface area contributed by atoms with E-state index in [0.29, 0.717) is 24.3 Å². The molecular formula is C34H20F6N4O9. The summed E-state index contributed by atoms with van der Waals surface area (Å²) in [6.07, 6.45) is -9.63. The predicted molar refractivity (Wildman–Crippen MR) is 168 cm³/mol. The Labute approximate surface area is 293 Å². The highest BCUT2D eigenvalue weighted by Crippen LogP contribution is 2.46. The van der Waals surface area contributed by atoms with Crippen LogP contribution >= 0.6 is 0 Å². The third kappa shape index (κ3) is 7.84. The van der Waals surface area contributed by atoms with Gasteiger partial charge in [0.2, 0.25) is 0 Å². The minimum absolute atomic E-state index is 0.300. The second-order valence-electron chi connectivity index (χ2n) is 10.5. The molecule has 0 bridgehead atoms. The molecule has 0 aliphatic rings. The maximum Gasteiger partial charge on any atom is 0.416 e. The zero-order valence-electron chi connectivity index (χ0n) is 26.9. The highest BCUT2D eigenvalue weighted by Gasteiger charge is 2.38. The lowest BCUT2D eigenvalue weighted by molar-refractivity contribution is -0.384. The normalized spacial score (nSPS) is 11.2. The Balaban J connectivity index is 2.14. The number of nitro benzene ring substituents is 2. The number of nitriles is 2. The average molecular weight is 743 g/mol. The molecule has 0 amide bonds. The quantitative estimate of drug-likeness (QED) is 0.0652. The van der Waals surface area contributed by atoms with Crippen LogP contribution in [0.25, 0.3) is 22.3 Å². The van der Waals surface area contributed by atoms with Gasteiger partial charge in [0.05, 0.1) is 45.3 Å². The van der Waals surface area contributed by atoms with Crippen LogP contribution in [0.3, 0.4) is 0 Å². The molecule has 0 N–H and O–H groups in total. The first kappa shape index (κ1) is 38.8. The number of hydrogen-bond donors (Lipinski definition) is 0. The van der Waals surface area contributed by atoms with E-state index in [2.05, 4.69) is 0 Å². The molecular weight excluding hydrogens is 722 g/mol. The first-order chi connectivity index (χ1) is 24.9. The SMILES string of the molecule is CCOC(=O)c1c(C#N)c(Oc2cc(-c3ccc(C(F)(F)F)cc3)c([N+](=O)[O-])c(C(=O)OCC)c2C#N)cc(-c2ccc(C(F)(F)F)cc2)c1[N+](=O)[O-]. The Kier molecular flexibility index (Phi) is 11.0. The number of esters is 2. The molecule has 0 saturated carbocycles. The van der Waals surface area contributed by atoms with Crippen molar-refractivity contribution in [2.24, 2.45) is 0 Å². The minimum Gasteiger partial charge on any atom is -0.462 e. The Morgan fingerprint density at radius 2 is 0.981 bits per heavy atom. The molecule has 0 saturated heterocycles. The second-order valence-corrected chi connectivity index (χ2v) is 10.5. The summed E-state index contributed by atoms with van der Waals surface area (Å²) in [5.74, 6) is -4.46. The van der Waals surface area contributed by atoms with Crippen LogP contribution < -0.4 is 4.74 Å². The van der Waals surface area contributed by atoms with Crippen molar-refractivity contribution in [2.75, 3.05) is 13.2 Å². The standard InChI is InChI=1S/C34H20F6N4O9/c1-3-51-31(45)27-23(15-41)25(13-21(29(27)43(47)48)17-5-9-19(10-6-17)33(35,36)37)53-26-14-22(18-7-11-20(12-8-18)34(38,39)40)30(44(49)50)28(24(26)16-42)32(46)52-4-2/h5-14H,3-4H2,1-2H3. The number of carbonyl (C=O) groups excluding carboxylic acids is 2. The summed E-state index contributed by atoms with van der Waals surface area (Å²) >= 11 is 0. The van der Waals surface area contributed by atoms with E-state index in [1.807, 2.05) is 0 Å². The number of rotatable bonds is 10. The summed E-state index contributed by atoms with van der Waals surface area (Å²) in [4.78, 5) is 48.9. The lowest BCUT2D eigenvalue weighted by Crippen LogP contribution is -2.14. The maximum atomic E-state index is 13.3. The van der Waals surface area contributed by atoms with Gasteiger partial charge in [-0.05, 0) is 61.4 Å². The van der Waals surface area contributed by atoms with E-state index in [1.54, 1.807) is 12.1 Å². The zero-order chi connectivity index (χ0) is 39.4. The number of benzene rings is 4. The zero-order valence-corrected chi connectivity index (χ0v) is 26.9. The molecule has 0 unspecified atom stereocenters. The summed E-state index contributed by atoms with van der Waals surface area (Å²) in [5.41, 5.74) is -10.1. The summed E-state index contributed by atoms with van der Waals surface area (Å²) in [6.45, 7) is 1.90. The van der Waals surface area contributed by atoms with E-state index in [4.69, 9.17) is 14.2 Å². The number of ether oxygens (including phenoxy) is 3. The van der Waals surface area contributed by atoms with Crippen molar-refractivity contribution >= 4 is 23.3 Å². The number of hydrogen-bond acceptors (Lipinski definition) is 11. The summed E-state index contributed by atoms with van der Waals surface area (Å²) in [5, 5.41) is 45.1. The van der Waals surface area contributed by atoms with Crippen molar-refractivity contribution in [1.82, 2.24) is 0 Å². The van der Waals surface area contributed by atoms with Crippen LogP contribution in [-0.2, 0) is 21.8 Å². The monoisotopic (exact) mass is 742 g/mol. The second kappa shape index (κ2) is 15.1. The first-order valence-electron chi connectivity index (χ1n) is 14.8. The van der Waals surface area contributed by atoms with Gasteiger partial charge in [0, 0.05) is 0 Å². The number of carbonyl (C=O) groups is 2. The highest BCUT2D eigenvalue weighted by atomic mass is 19.4. The molecule has 0 aliphatic heterocycles. The molecule has 4 aromatic carbocycles. The van der Waals surface area contributed by atoms with Gasteiger partial charge in [-0.1, -0.05) is 24.3 Å². The average Bonchev–Trinajstić information content (AvgIpc) is 3.09. The Morgan fingerprint density at radius 3 is 1.23 bits per heavy atom. The van der Waals surface area contributed by atoms with Crippen molar-refractivity contribution in [2.45, 2.75) is 26.2 Å². The Morgan fingerprint density at radius 1 is 0.660 bits per heavy atom. The van der Waals surface area contributed by atoms with E-state index in [-0.39, 0.29) is 24.3 Å². The Bertz CT molecular complexity index is 2070. The fourth-order valence-corrected chi connectivity index (χ4v) is 5.10. The molecule has 272 valence electrons. The fraction of sp³-hybridized carbons (Fsp3) is 0.176. The third-order valence-corrected chi connectivity index (χ3v) is 7.34. The topological polar surface area (TPSA) is 196 Å². The van der Waals surface area contributed by atoms with Gasteiger partial charge in [0.15, 0.2) is 11.1 Å². The predicted octanol–water partition coefficient (Wildman–Crippen LogP) is 8.76. The van der Waals surface area contributed by atoms with Gasteiger partial charge in [0.25, 0.3) is 11.4 Å². The summed E-state index contributed by atoms with van der Waals surface area (Å²) in [6, 6.07) is 10.2. The van der Waals surface area contributed by atoms with E-state index < -0.39 is 102 Å².